The summed E-state index contributed by atoms with van der Waals surface area (Å²) in [6.45, 7) is 10.1. The largest absolute Gasteiger partial charge is 0.378 e. The Morgan fingerprint density at radius 3 is 2.81 bits per heavy atom. The third kappa shape index (κ3) is 4.84. The van der Waals surface area contributed by atoms with Crippen LogP contribution in [-0.2, 0) is 4.74 Å². The molecule has 0 spiro atoms. The highest BCUT2D eigenvalue weighted by Crippen LogP contribution is 2.19. The zero-order valence-electron chi connectivity index (χ0n) is 11.3. The van der Waals surface area contributed by atoms with Crippen LogP contribution in [0, 0.1) is 11.8 Å². The van der Waals surface area contributed by atoms with Crippen molar-refractivity contribution in [3.8, 4) is 0 Å². The molecule has 0 aliphatic carbocycles. The van der Waals surface area contributed by atoms with E-state index in [-0.39, 0.29) is 0 Å². The highest BCUT2D eigenvalue weighted by atomic mass is 16.5. The average Bonchev–Trinajstić information content (AvgIpc) is 2.31. The van der Waals surface area contributed by atoms with Gasteiger partial charge in [0.05, 0.1) is 6.10 Å². The molecule has 1 N–H and O–H groups in total. The second-order valence-corrected chi connectivity index (χ2v) is 5.26. The molecule has 3 atom stereocenters. The normalized spacial score (nSPS) is 27.9. The van der Waals surface area contributed by atoms with Crippen LogP contribution >= 0.6 is 0 Å². The molecule has 1 fully saturated rings. The Bertz CT molecular complexity index is 172. The first-order valence-corrected chi connectivity index (χ1v) is 7.10. The lowest BCUT2D eigenvalue weighted by molar-refractivity contribution is -0.0186. The third-order valence-electron chi connectivity index (χ3n) is 3.80. The summed E-state index contributed by atoms with van der Waals surface area (Å²) >= 11 is 0. The van der Waals surface area contributed by atoms with Gasteiger partial charge in [0, 0.05) is 13.2 Å². The van der Waals surface area contributed by atoms with Crippen molar-refractivity contribution in [2.45, 2.75) is 59.0 Å². The minimum Gasteiger partial charge on any atom is -0.378 e. The molecular formula is C14H29NO. The molecule has 0 aromatic rings. The molecule has 16 heavy (non-hydrogen) atoms. The van der Waals surface area contributed by atoms with Crippen molar-refractivity contribution in [2.75, 3.05) is 19.7 Å². The fourth-order valence-electron chi connectivity index (χ4n) is 2.40. The van der Waals surface area contributed by atoms with Crippen LogP contribution < -0.4 is 5.32 Å². The molecule has 0 radical (unpaired) electrons. The van der Waals surface area contributed by atoms with Gasteiger partial charge < -0.3 is 10.1 Å². The lowest BCUT2D eigenvalue weighted by atomic mass is 9.97. The molecule has 96 valence electrons. The lowest BCUT2D eigenvalue weighted by Crippen LogP contribution is -2.40. The fourth-order valence-corrected chi connectivity index (χ4v) is 2.40. The average molecular weight is 227 g/mol. The number of nitrogens with one attached hydrogen (secondary N) is 1. The third-order valence-corrected chi connectivity index (χ3v) is 3.80. The first kappa shape index (κ1) is 14.0. The summed E-state index contributed by atoms with van der Waals surface area (Å²) in [5.74, 6) is 1.46. The highest BCUT2D eigenvalue weighted by molar-refractivity contribution is 4.75. The van der Waals surface area contributed by atoms with Crippen molar-refractivity contribution in [1.29, 1.82) is 0 Å². The number of rotatable bonds is 7. The second-order valence-electron chi connectivity index (χ2n) is 5.26. The van der Waals surface area contributed by atoms with Crippen LogP contribution in [0.25, 0.3) is 0 Å². The summed E-state index contributed by atoms with van der Waals surface area (Å²) < 4.78 is 6.11. The molecule has 1 rings (SSSR count). The Balaban J connectivity index is 2.19. The van der Waals surface area contributed by atoms with Crippen molar-refractivity contribution in [2.24, 2.45) is 11.8 Å². The van der Waals surface area contributed by atoms with Gasteiger partial charge in [0.15, 0.2) is 0 Å². The molecule has 0 amide bonds. The van der Waals surface area contributed by atoms with E-state index >= 15 is 0 Å². The van der Waals surface area contributed by atoms with Gasteiger partial charge in [-0.1, -0.05) is 40.0 Å². The number of ether oxygens (including phenoxy) is 1. The van der Waals surface area contributed by atoms with Crippen LogP contribution in [-0.4, -0.2) is 25.8 Å². The predicted molar refractivity (Wildman–Crippen MR) is 69.7 cm³/mol. The maximum absolute atomic E-state index is 6.11. The van der Waals surface area contributed by atoms with E-state index < -0.39 is 0 Å². The number of unbranched alkanes of at least 4 members (excludes halogenated alkanes) is 1. The van der Waals surface area contributed by atoms with E-state index in [1.165, 1.54) is 32.1 Å². The Hall–Kier alpha value is -0.0800. The SMILES string of the molecule is CCCCC(CC)COC1CCNCC1C. The molecule has 2 heteroatoms. The molecule has 1 heterocycles. The zero-order valence-corrected chi connectivity index (χ0v) is 11.3. The Morgan fingerprint density at radius 2 is 2.19 bits per heavy atom. The first-order valence-electron chi connectivity index (χ1n) is 7.10. The van der Waals surface area contributed by atoms with E-state index in [4.69, 9.17) is 4.74 Å². The minimum absolute atomic E-state index is 0.497. The van der Waals surface area contributed by atoms with E-state index in [2.05, 4.69) is 26.1 Å². The van der Waals surface area contributed by atoms with E-state index in [0.29, 0.717) is 12.0 Å². The molecule has 2 nitrogen and oxygen atoms in total. The van der Waals surface area contributed by atoms with Gasteiger partial charge in [-0.15, -0.1) is 0 Å². The highest BCUT2D eigenvalue weighted by Gasteiger charge is 2.22. The Kier molecular flexibility index (Phi) is 7.06. The number of hydrogen-bond acceptors (Lipinski definition) is 2. The van der Waals surface area contributed by atoms with Crippen molar-refractivity contribution in [3.05, 3.63) is 0 Å². The van der Waals surface area contributed by atoms with Crippen LogP contribution in [0.1, 0.15) is 52.9 Å². The monoisotopic (exact) mass is 227 g/mol. The maximum Gasteiger partial charge on any atom is 0.0625 e. The van der Waals surface area contributed by atoms with Gasteiger partial charge in [0.25, 0.3) is 0 Å². The molecule has 1 aliphatic heterocycles. The zero-order chi connectivity index (χ0) is 11.8. The van der Waals surface area contributed by atoms with E-state index in [9.17, 15) is 0 Å². The smallest absolute Gasteiger partial charge is 0.0625 e. The number of piperidine rings is 1. The van der Waals surface area contributed by atoms with Gasteiger partial charge in [-0.05, 0) is 31.2 Å². The van der Waals surface area contributed by atoms with Gasteiger partial charge in [-0.25, -0.2) is 0 Å². The molecule has 1 saturated heterocycles. The molecular weight excluding hydrogens is 198 g/mol. The maximum atomic E-state index is 6.11. The van der Waals surface area contributed by atoms with Crippen LogP contribution in [0.3, 0.4) is 0 Å². The standard InChI is InChI=1S/C14H29NO/c1-4-6-7-13(5-2)11-16-14-8-9-15-10-12(14)3/h12-15H,4-11H2,1-3H3. The van der Waals surface area contributed by atoms with Crippen LogP contribution in [0.5, 0.6) is 0 Å². The first-order chi connectivity index (χ1) is 7.77. The van der Waals surface area contributed by atoms with Gasteiger partial charge >= 0.3 is 0 Å². The summed E-state index contributed by atoms with van der Waals surface area (Å²) in [6, 6.07) is 0. The van der Waals surface area contributed by atoms with E-state index in [1.807, 2.05) is 0 Å². The van der Waals surface area contributed by atoms with E-state index in [1.54, 1.807) is 0 Å². The summed E-state index contributed by atoms with van der Waals surface area (Å²) in [5.41, 5.74) is 0. The predicted octanol–water partition coefficient (Wildman–Crippen LogP) is 3.22. The van der Waals surface area contributed by atoms with Crippen LogP contribution in [0.15, 0.2) is 0 Å². The second kappa shape index (κ2) is 8.08. The molecule has 0 bridgehead atoms. The van der Waals surface area contributed by atoms with Gasteiger partial charge in [-0.3, -0.25) is 0 Å². The summed E-state index contributed by atoms with van der Waals surface area (Å²) in [5, 5.41) is 3.42. The molecule has 0 aromatic heterocycles. The summed E-state index contributed by atoms with van der Waals surface area (Å²) in [7, 11) is 0. The van der Waals surface area contributed by atoms with Crippen LogP contribution in [0.4, 0.5) is 0 Å². The number of hydrogen-bond donors (Lipinski definition) is 1. The van der Waals surface area contributed by atoms with E-state index in [0.717, 1.165) is 25.6 Å². The minimum atomic E-state index is 0.497. The van der Waals surface area contributed by atoms with Crippen molar-refractivity contribution in [1.82, 2.24) is 5.32 Å². The lowest BCUT2D eigenvalue weighted by Gasteiger charge is -2.30. The molecule has 0 saturated carbocycles. The van der Waals surface area contributed by atoms with Crippen molar-refractivity contribution in [3.63, 3.8) is 0 Å². The van der Waals surface area contributed by atoms with Crippen molar-refractivity contribution < 1.29 is 4.74 Å². The Morgan fingerprint density at radius 1 is 1.38 bits per heavy atom. The fraction of sp³-hybridized carbons (Fsp3) is 1.00. The molecule has 0 aromatic carbocycles. The summed E-state index contributed by atoms with van der Waals surface area (Å²) in [4.78, 5) is 0. The topological polar surface area (TPSA) is 21.3 Å². The Labute approximate surface area is 101 Å². The van der Waals surface area contributed by atoms with Gasteiger partial charge in [0.1, 0.15) is 0 Å². The van der Waals surface area contributed by atoms with Gasteiger partial charge in [-0.2, -0.15) is 0 Å². The van der Waals surface area contributed by atoms with Crippen molar-refractivity contribution >= 4 is 0 Å². The molecule has 3 unspecified atom stereocenters. The summed E-state index contributed by atoms with van der Waals surface area (Å²) in [6.07, 6.45) is 6.94. The quantitative estimate of drug-likeness (QED) is 0.721. The van der Waals surface area contributed by atoms with Gasteiger partial charge in [0.2, 0.25) is 0 Å². The van der Waals surface area contributed by atoms with Crippen LogP contribution in [0.2, 0.25) is 0 Å². The molecule has 1 aliphatic rings.